The number of esters is 1. The molecule has 1 atom stereocenters. The summed E-state index contributed by atoms with van der Waals surface area (Å²) in [6, 6.07) is 8.33. The predicted octanol–water partition coefficient (Wildman–Crippen LogP) is 1.24. The van der Waals surface area contributed by atoms with Crippen LogP contribution >= 0.6 is 0 Å². The van der Waals surface area contributed by atoms with Gasteiger partial charge in [-0.1, -0.05) is 30.3 Å². The number of ether oxygens (including phenoxy) is 2. The maximum absolute atomic E-state index is 12.6. The number of urea groups is 1. The Bertz CT molecular complexity index is 787. The van der Waals surface area contributed by atoms with E-state index in [0.29, 0.717) is 50.6 Å². The van der Waals surface area contributed by atoms with Crippen LogP contribution in [0.2, 0.25) is 0 Å². The lowest BCUT2D eigenvalue weighted by molar-refractivity contribution is -0.136. The number of carbonyl (C=O) groups excluding carboxylic acids is 3. The van der Waals surface area contributed by atoms with E-state index in [1.165, 1.54) is 7.11 Å². The zero-order valence-corrected chi connectivity index (χ0v) is 16.6. The number of hydrogen-bond acceptors (Lipinski definition) is 6. The van der Waals surface area contributed by atoms with E-state index in [1.54, 1.807) is 11.8 Å². The molecule has 1 aromatic carbocycles. The van der Waals surface area contributed by atoms with Crippen molar-refractivity contribution in [2.45, 2.75) is 13.0 Å². The van der Waals surface area contributed by atoms with Gasteiger partial charge in [0.15, 0.2) is 0 Å². The first-order valence-electron chi connectivity index (χ1n) is 9.61. The van der Waals surface area contributed by atoms with Crippen LogP contribution in [0.1, 0.15) is 18.5 Å². The molecule has 2 N–H and O–H groups in total. The Labute approximate surface area is 169 Å². The fraction of sp³-hybridized carbons (Fsp3) is 0.450. The van der Waals surface area contributed by atoms with Crippen LogP contribution in [0.3, 0.4) is 0 Å². The summed E-state index contributed by atoms with van der Waals surface area (Å²) in [6.07, 6.45) is -0.319. The predicted molar refractivity (Wildman–Crippen MR) is 105 cm³/mol. The van der Waals surface area contributed by atoms with E-state index in [2.05, 4.69) is 15.5 Å². The Morgan fingerprint density at radius 1 is 1.14 bits per heavy atom. The zero-order chi connectivity index (χ0) is 20.8. The van der Waals surface area contributed by atoms with Crippen molar-refractivity contribution in [2.24, 2.45) is 0 Å². The monoisotopic (exact) mass is 402 g/mol. The third kappa shape index (κ3) is 4.86. The van der Waals surface area contributed by atoms with Crippen LogP contribution in [0, 0.1) is 0 Å². The summed E-state index contributed by atoms with van der Waals surface area (Å²) in [5.41, 5.74) is 1.69. The van der Waals surface area contributed by atoms with E-state index in [1.807, 2.05) is 30.3 Å². The molecule has 3 rings (SSSR count). The zero-order valence-electron chi connectivity index (χ0n) is 16.6. The molecule has 0 radical (unpaired) electrons. The molecule has 9 heteroatoms. The number of nitrogens with zero attached hydrogens (tertiary/aromatic N) is 2. The minimum absolute atomic E-state index is 0.319. The van der Waals surface area contributed by atoms with Crippen LogP contribution in [0.15, 0.2) is 41.6 Å². The second-order valence-electron chi connectivity index (χ2n) is 6.79. The highest BCUT2D eigenvalue weighted by Gasteiger charge is 2.34. The summed E-state index contributed by atoms with van der Waals surface area (Å²) in [6.45, 7) is 4.75. The second kappa shape index (κ2) is 9.42. The molecule has 1 fully saturated rings. The molecule has 0 spiro atoms. The summed E-state index contributed by atoms with van der Waals surface area (Å²) in [5, 5.41) is 5.57. The fourth-order valence-electron chi connectivity index (χ4n) is 3.52. The first-order chi connectivity index (χ1) is 14.0. The average molecular weight is 402 g/mol. The number of piperazine rings is 1. The summed E-state index contributed by atoms with van der Waals surface area (Å²) >= 11 is 0. The van der Waals surface area contributed by atoms with E-state index in [9.17, 15) is 14.4 Å². The first-order valence-corrected chi connectivity index (χ1v) is 9.61. The quantitative estimate of drug-likeness (QED) is 0.719. The van der Waals surface area contributed by atoms with Gasteiger partial charge in [-0.3, -0.25) is 4.90 Å². The molecule has 29 heavy (non-hydrogen) atoms. The molecule has 1 aromatic rings. The van der Waals surface area contributed by atoms with Gasteiger partial charge in [-0.25, -0.2) is 14.4 Å². The van der Waals surface area contributed by atoms with Gasteiger partial charge in [-0.05, 0) is 12.5 Å². The Kier molecular flexibility index (Phi) is 6.71. The maximum Gasteiger partial charge on any atom is 0.409 e. The number of amides is 3. The van der Waals surface area contributed by atoms with E-state index in [0.717, 1.165) is 5.56 Å². The lowest BCUT2D eigenvalue weighted by Gasteiger charge is -2.36. The van der Waals surface area contributed by atoms with Gasteiger partial charge in [0, 0.05) is 38.4 Å². The fourth-order valence-corrected chi connectivity index (χ4v) is 3.52. The van der Waals surface area contributed by atoms with Gasteiger partial charge in [-0.2, -0.15) is 0 Å². The summed E-state index contributed by atoms with van der Waals surface area (Å²) < 4.78 is 10.0. The van der Waals surface area contributed by atoms with Crippen molar-refractivity contribution < 1.29 is 23.9 Å². The summed E-state index contributed by atoms with van der Waals surface area (Å²) in [5.74, 6) is -0.494. The molecular weight excluding hydrogens is 376 g/mol. The molecule has 3 amide bonds. The van der Waals surface area contributed by atoms with Crippen LogP contribution in [0.5, 0.6) is 0 Å². The Balaban J connectivity index is 1.79. The van der Waals surface area contributed by atoms with Gasteiger partial charge in [0.25, 0.3) is 0 Å². The van der Waals surface area contributed by atoms with Gasteiger partial charge in [0.2, 0.25) is 0 Å². The maximum atomic E-state index is 12.6. The van der Waals surface area contributed by atoms with Crippen LogP contribution in [0.25, 0.3) is 0 Å². The molecule has 0 bridgehead atoms. The molecule has 2 aliphatic rings. The van der Waals surface area contributed by atoms with E-state index in [-0.39, 0.29) is 12.1 Å². The standard InChI is InChI=1S/C20H26N4O5/c1-3-29-20(27)24-11-9-23(10-12-24)13-15-16(18(25)28-2)17(22-19(26)21-15)14-7-5-4-6-8-14/h4-8,17H,3,9-13H2,1-2H3,(H2,21,22,26). The van der Waals surface area contributed by atoms with Gasteiger partial charge < -0.3 is 25.0 Å². The van der Waals surface area contributed by atoms with Crippen molar-refractivity contribution in [3.05, 3.63) is 47.2 Å². The number of rotatable bonds is 5. The molecule has 0 aromatic heterocycles. The lowest BCUT2D eigenvalue weighted by Crippen LogP contribution is -2.52. The van der Waals surface area contributed by atoms with Gasteiger partial charge >= 0.3 is 18.1 Å². The molecular formula is C20H26N4O5. The lowest BCUT2D eigenvalue weighted by atomic mass is 9.95. The highest BCUT2D eigenvalue weighted by molar-refractivity contribution is 5.95. The van der Waals surface area contributed by atoms with Crippen molar-refractivity contribution in [3.63, 3.8) is 0 Å². The number of methoxy groups -OCH3 is 1. The Hall–Kier alpha value is -3.07. The number of hydrogen-bond donors (Lipinski definition) is 2. The van der Waals surface area contributed by atoms with Crippen LogP contribution in [0.4, 0.5) is 9.59 Å². The van der Waals surface area contributed by atoms with E-state index >= 15 is 0 Å². The van der Waals surface area contributed by atoms with Gasteiger partial charge in [-0.15, -0.1) is 0 Å². The number of nitrogens with one attached hydrogen (secondary N) is 2. The first kappa shape index (κ1) is 20.7. The topological polar surface area (TPSA) is 100 Å². The Morgan fingerprint density at radius 3 is 2.45 bits per heavy atom. The normalized spacial score (nSPS) is 20.0. The van der Waals surface area contributed by atoms with Crippen LogP contribution in [-0.4, -0.2) is 74.3 Å². The van der Waals surface area contributed by atoms with Crippen molar-refractivity contribution in [3.8, 4) is 0 Å². The SMILES string of the molecule is CCOC(=O)N1CCN(CC2=C(C(=O)OC)C(c3ccccc3)NC(=O)N2)CC1. The summed E-state index contributed by atoms with van der Waals surface area (Å²) in [4.78, 5) is 40.4. The van der Waals surface area contributed by atoms with E-state index in [4.69, 9.17) is 9.47 Å². The van der Waals surface area contributed by atoms with Gasteiger partial charge in [0.05, 0.1) is 25.3 Å². The van der Waals surface area contributed by atoms with Crippen molar-refractivity contribution in [2.75, 3.05) is 46.4 Å². The summed E-state index contributed by atoms with van der Waals surface area (Å²) in [7, 11) is 1.32. The molecule has 2 heterocycles. The average Bonchev–Trinajstić information content (AvgIpc) is 2.74. The van der Waals surface area contributed by atoms with Crippen LogP contribution < -0.4 is 10.6 Å². The highest BCUT2D eigenvalue weighted by atomic mass is 16.6. The third-order valence-electron chi connectivity index (χ3n) is 4.97. The van der Waals surface area contributed by atoms with Crippen molar-refractivity contribution in [1.82, 2.24) is 20.4 Å². The van der Waals surface area contributed by atoms with Crippen molar-refractivity contribution in [1.29, 1.82) is 0 Å². The van der Waals surface area contributed by atoms with Gasteiger partial charge in [0.1, 0.15) is 0 Å². The third-order valence-corrected chi connectivity index (χ3v) is 4.97. The molecule has 1 unspecified atom stereocenters. The molecule has 0 aliphatic carbocycles. The van der Waals surface area contributed by atoms with Crippen LogP contribution in [-0.2, 0) is 14.3 Å². The largest absolute Gasteiger partial charge is 0.466 e. The van der Waals surface area contributed by atoms with Crippen molar-refractivity contribution >= 4 is 18.1 Å². The Morgan fingerprint density at radius 2 is 1.83 bits per heavy atom. The number of carbonyl (C=O) groups is 3. The minimum atomic E-state index is -0.590. The molecule has 1 saturated heterocycles. The molecule has 0 saturated carbocycles. The van der Waals surface area contributed by atoms with E-state index < -0.39 is 12.0 Å². The minimum Gasteiger partial charge on any atom is -0.466 e. The number of benzene rings is 1. The molecule has 156 valence electrons. The highest BCUT2D eigenvalue weighted by Crippen LogP contribution is 2.28. The second-order valence-corrected chi connectivity index (χ2v) is 6.79. The molecule has 2 aliphatic heterocycles. The molecule has 9 nitrogen and oxygen atoms in total. The smallest absolute Gasteiger partial charge is 0.409 e.